The lowest BCUT2D eigenvalue weighted by atomic mass is 9.93. The van der Waals surface area contributed by atoms with E-state index in [4.69, 9.17) is 19.2 Å². The van der Waals surface area contributed by atoms with Crippen molar-refractivity contribution < 1.29 is 22.6 Å². The number of pyridine rings is 1. The maximum atomic E-state index is 11.1. The third-order valence-electron chi connectivity index (χ3n) is 6.68. The molecule has 2 N–H and O–H groups in total. The standard InChI is InChI=1S/C26H34N6O5S/c1-38(33,34)29-10-13-36-22-17-27-26(28-18-22)30-20-6-8-21(9-7-20)37-25-23-5-3-2-4-19(23)16-24(31-25)32-11-14-35-15-12-32/h2-5,16-18,20-21,29H,6-15H2,1H3,(H,27,28,30)/t20-,21+. The Hall–Kier alpha value is -3.22. The van der Waals surface area contributed by atoms with Gasteiger partial charge in [0.15, 0.2) is 5.75 Å². The van der Waals surface area contributed by atoms with Crippen LogP contribution in [0.4, 0.5) is 11.8 Å². The SMILES string of the molecule is CS(=O)(=O)NCCOc1cnc(N[C@H]2CC[C@@H](Oc3nc(N4CCOCC4)cc4ccccc34)CC2)nc1. The number of aromatic nitrogens is 3. The van der Waals surface area contributed by atoms with E-state index in [1.165, 1.54) is 0 Å². The molecular formula is C26H34N6O5S. The number of rotatable bonds is 10. The molecule has 0 unspecified atom stereocenters. The summed E-state index contributed by atoms with van der Waals surface area (Å²) < 4.78 is 42.1. The predicted molar refractivity (Wildman–Crippen MR) is 145 cm³/mol. The summed E-state index contributed by atoms with van der Waals surface area (Å²) >= 11 is 0. The average Bonchev–Trinajstić information content (AvgIpc) is 2.93. The van der Waals surface area contributed by atoms with Gasteiger partial charge in [0, 0.05) is 31.1 Å². The topological polar surface area (TPSA) is 128 Å². The number of morpholine rings is 1. The highest BCUT2D eigenvalue weighted by atomic mass is 32.2. The summed E-state index contributed by atoms with van der Waals surface area (Å²) in [7, 11) is -3.23. The number of nitrogens with zero attached hydrogens (tertiary/aromatic N) is 4. The number of hydrogen-bond donors (Lipinski definition) is 2. The van der Waals surface area contributed by atoms with E-state index in [0.29, 0.717) is 30.8 Å². The van der Waals surface area contributed by atoms with E-state index in [-0.39, 0.29) is 25.3 Å². The van der Waals surface area contributed by atoms with Crippen molar-refractivity contribution in [2.75, 3.05) is 55.9 Å². The minimum absolute atomic E-state index is 0.0983. The molecule has 2 fully saturated rings. The number of sulfonamides is 1. The molecule has 0 atom stereocenters. The van der Waals surface area contributed by atoms with Crippen LogP contribution in [0.1, 0.15) is 25.7 Å². The molecule has 11 nitrogen and oxygen atoms in total. The Bertz CT molecular complexity index is 1310. The number of ether oxygens (including phenoxy) is 3. The van der Waals surface area contributed by atoms with Crippen molar-refractivity contribution in [1.29, 1.82) is 0 Å². The van der Waals surface area contributed by atoms with E-state index in [0.717, 1.165) is 61.6 Å². The van der Waals surface area contributed by atoms with E-state index in [2.05, 4.69) is 43.1 Å². The first-order valence-electron chi connectivity index (χ1n) is 13.0. The molecule has 12 heteroatoms. The zero-order valence-electron chi connectivity index (χ0n) is 21.5. The van der Waals surface area contributed by atoms with E-state index in [9.17, 15) is 8.42 Å². The molecule has 3 aromatic rings. The van der Waals surface area contributed by atoms with Gasteiger partial charge in [-0.15, -0.1) is 0 Å². The predicted octanol–water partition coefficient (Wildman–Crippen LogP) is 2.59. The maximum Gasteiger partial charge on any atom is 0.223 e. The molecular weight excluding hydrogens is 508 g/mol. The number of hydrogen-bond acceptors (Lipinski definition) is 10. The summed E-state index contributed by atoms with van der Waals surface area (Å²) in [5.41, 5.74) is 0. The van der Waals surface area contributed by atoms with Gasteiger partial charge in [-0.05, 0) is 43.2 Å². The van der Waals surface area contributed by atoms with Crippen LogP contribution in [0.15, 0.2) is 42.7 Å². The van der Waals surface area contributed by atoms with Crippen molar-refractivity contribution in [2.24, 2.45) is 0 Å². The van der Waals surface area contributed by atoms with Crippen molar-refractivity contribution in [3.8, 4) is 11.6 Å². The molecule has 204 valence electrons. The monoisotopic (exact) mass is 542 g/mol. The Morgan fingerprint density at radius 2 is 1.82 bits per heavy atom. The van der Waals surface area contributed by atoms with Gasteiger partial charge in [-0.3, -0.25) is 0 Å². The van der Waals surface area contributed by atoms with Gasteiger partial charge in [-0.2, -0.15) is 4.98 Å². The van der Waals surface area contributed by atoms with Crippen LogP contribution in [0.3, 0.4) is 0 Å². The van der Waals surface area contributed by atoms with Crippen LogP contribution in [0.2, 0.25) is 0 Å². The van der Waals surface area contributed by atoms with Crippen LogP contribution in [0, 0.1) is 0 Å². The molecule has 38 heavy (non-hydrogen) atoms. The summed E-state index contributed by atoms with van der Waals surface area (Å²) in [5.74, 6) is 2.67. The van der Waals surface area contributed by atoms with E-state index < -0.39 is 10.0 Å². The largest absolute Gasteiger partial charge is 0.489 e. The van der Waals surface area contributed by atoms with Crippen LogP contribution in [-0.4, -0.2) is 81.2 Å². The van der Waals surface area contributed by atoms with Crippen molar-refractivity contribution in [1.82, 2.24) is 19.7 Å². The normalized spacial score (nSPS) is 20.3. The van der Waals surface area contributed by atoms with Crippen LogP contribution in [-0.2, 0) is 14.8 Å². The zero-order valence-corrected chi connectivity index (χ0v) is 22.3. The molecule has 2 aromatic heterocycles. The van der Waals surface area contributed by atoms with Gasteiger partial charge >= 0.3 is 0 Å². The van der Waals surface area contributed by atoms with Crippen molar-refractivity contribution in [3.05, 3.63) is 42.7 Å². The molecule has 1 saturated heterocycles. The van der Waals surface area contributed by atoms with Crippen molar-refractivity contribution in [2.45, 2.75) is 37.8 Å². The highest BCUT2D eigenvalue weighted by Gasteiger charge is 2.25. The Balaban J connectivity index is 1.13. The smallest absolute Gasteiger partial charge is 0.223 e. The average molecular weight is 543 g/mol. The van der Waals surface area contributed by atoms with Gasteiger partial charge in [0.25, 0.3) is 0 Å². The molecule has 0 radical (unpaired) electrons. The molecule has 5 rings (SSSR count). The molecule has 0 spiro atoms. The zero-order chi connectivity index (χ0) is 26.4. The summed E-state index contributed by atoms with van der Waals surface area (Å²) in [4.78, 5) is 15.8. The van der Waals surface area contributed by atoms with Crippen LogP contribution < -0.4 is 24.4 Å². The lowest BCUT2D eigenvalue weighted by molar-refractivity contribution is 0.122. The van der Waals surface area contributed by atoms with E-state index >= 15 is 0 Å². The lowest BCUT2D eigenvalue weighted by Crippen LogP contribution is -2.37. The number of fused-ring (bicyclic) bond motifs is 1. The lowest BCUT2D eigenvalue weighted by Gasteiger charge is -2.31. The molecule has 0 bridgehead atoms. The third kappa shape index (κ3) is 7.21. The number of nitrogens with one attached hydrogen (secondary N) is 2. The Morgan fingerprint density at radius 3 is 2.55 bits per heavy atom. The van der Waals surface area contributed by atoms with Gasteiger partial charge in [-0.25, -0.2) is 23.1 Å². The van der Waals surface area contributed by atoms with Crippen LogP contribution >= 0.6 is 0 Å². The van der Waals surface area contributed by atoms with Gasteiger partial charge in [0.1, 0.15) is 18.5 Å². The number of anilines is 2. The third-order valence-corrected chi connectivity index (χ3v) is 7.40. The number of benzene rings is 1. The van der Waals surface area contributed by atoms with Gasteiger partial charge < -0.3 is 24.4 Å². The molecule has 1 aromatic carbocycles. The summed E-state index contributed by atoms with van der Waals surface area (Å²) in [6.07, 6.45) is 8.06. The Labute approximate surface area is 223 Å². The second-order valence-electron chi connectivity index (χ2n) is 9.60. The second-order valence-corrected chi connectivity index (χ2v) is 11.4. The van der Waals surface area contributed by atoms with Gasteiger partial charge in [-0.1, -0.05) is 18.2 Å². The summed E-state index contributed by atoms with van der Waals surface area (Å²) in [6, 6.07) is 10.6. The molecule has 1 aliphatic carbocycles. The fourth-order valence-corrected chi connectivity index (χ4v) is 5.18. The molecule has 3 heterocycles. The van der Waals surface area contributed by atoms with E-state index in [1.807, 2.05) is 12.1 Å². The summed E-state index contributed by atoms with van der Waals surface area (Å²) in [6.45, 7) is 3.47. The Kier molecular flexibility index (Phi) is 8.40. The first-order chi connectivity index (χ1) is 18.4. The minimum atomic E-state index is -3.23. The molecule has 1 saturated carbocycles. The van der Waals surface area contributed by atoms with Gasteiger partial charge in [0.05, 0.1) is 31.9 Å². The van der Waals surface area contributed by atoms with Gasteiger partial charge in [0.2, 0.25) is 21.9 Å². The Morgan fingerprint density at radius 1 is 1.08 bits per heavy atom. The van der Waals surface area contributed by atoms with E-state index in [1.54, 1.807) is 12.4 Å². The van der Waals surface area contributed by atoms with Crippen LogP contribution in [0.5, 0.6) is 11.6 Å². The highest BCUT2D eigenvalue weighted by Crippen LogP contribution is 2.32. The molecule has 0 amide bonds. The maximum absolute atomic E-state index is 11.1. The van der Waals surface area contributed by atoms with Crippen molar-refractivity contribution in [3.63, 3.8) is 0 Å². The fraction of sp³-hybridized carbons (Fsp3) is 0.500. The second kappa shape index (κ2) is 12.1. The summed E-state index contributed by atoms with van der Waals surface area (Å²) in [5, 5.41) is 5.57. The highest BCUT2D eigenvalue weighted by molar-refractivity contribution is 7.88. The molecule has 2 aliphatic rings. The molecule has 1 aliphatic heterocycles. The first-order valence-corrected chi connectivity index (χ1v) is 14.9. The first kappa shape index (κ1) is 26.4. The quantitative estimate of drug-likeness (QED) is 0.369. The minimum Gasteiger partial charge on any atom is -0.489 e. The van der Waals surface area contributed by atoms with Crippen molar-refractivity contribution >= 4 is 32.6 Å². The fourth-order valence-electron chi connectivity index (χ4n) is 4.72. The van der Waals surface area contributed by atoms with Crippen LogP contribution in [0.25, 0.3) is 10.8 Å².